The van der Waals surface area contributed by atoms with Gasteiger partial charge in [-0.2, -0.15) is 0 Å². The van der Waals surface area contributed by atoms with Gasteiger partial charge in [-0.1, -0.05) is 30.1 Å². The summed E-state index contributed by atoms with van der Waals surface area (Å²) in [5.74, 6) is 0. The van der Waals surface area contributed by atoms with Gasteiger partial charge in [-0.05, 0) is 18.6 Å². The number of H-pyrrole nitrogens is 1. The molecule has 0 unspecified atom stereocenters. The minimum Gasteiger partial charge on any atom is -0.388 e. The molecule has 0 amide bonds. The standard InChI is InChI=1S/C11H11Cl2NO/c1-2-10(15)7-5-14-9-4-6(12)3-8(13)11(7)9/h3-5,10,14-15H,2H2,1H3/t10-/m0/s1. The van der Waals surface area contributed by atoms with Gasteiger partial charge in [-0.15, -0.1) is 0 Å². The third kappa shape index (κ3) is 1.85. The highest BCUT2D eigenvalue weighted by Crippen LogP contribution is 2.33. The number of nitrogens with one attached hydrogen (secondary N) is 1. The second-order valence-electron chi connectivity index (χ2n) is 3.48. The maximum atomic E-state index is 9.80. The summed E-state index contributed by atoms with van der Waals surface area (Å²) in [6.45, 7) is 1.92. The van der Waals surface area contributed by atoms with E-state index in [9.17, 15) is 5.11 Å². The van der Waals surface area contributed by atoms with Gasteiger partial charge in [0, 0.05) is 27.7 Å². The Bertz CT molecular complexity index is 493. The van der Waals surface area contributed by atoms with E-state index in [4.69, 9.17) is 23.2 Å². The van der Waals surface area contributed by atoms with Gasteiger partial charge in [0.25, 0.3) is 0 Å². The molecule has 1 atom stereocenters. The molecule has 15 heavy (non-hydrogen) atoms. The first-order chi connectivity index (χ1) is 7.13. The Labute approximate surface area is 97.8 Å². The summed E-state index contributed by atoms with van der Waals surface area (Å²) < 4.78 is 0. The highest BCUT2D eigenvalue weighted by molar-refractivity contribution is 6.38. The SMILES string of the molecule is CC[C@H](O)c1c[nH]c2cc(Cl)cc(Cl)c12. The summed E-state index contributed by atoms with van der Waals surface area (Å²) in [4.78, 5) is 3.06. The van der Waals surface area contributed by atoms with Crippen molar-refractivity contribution >= 4 is 34.1 Å². The molecule has 2 N–H and O–H groups in total. The van der Waals surface area contributed by atoms with Crippen LogP contribution in [0.5, 0.6) is 0 Å². The van der Waals surface area contributed by atoms with Crippen LogP contribution in [-0.4, -0.2) is 10.1 Å². The molecule has 4 heteroatoms. The van der Waals surface area contributed by atoms with Crippen LogP contribution < -0.4 is 0 Å². The van der Waals surface area contributed by atoms with Crippen molar-refractivity contribution in [1.82, 2.24) is 4.98 Å². The summed E-state index contributed by atoms with van der Waals surface area (Å²) in [6, 6.07) is 3.49. The number of halogens is 2. The van der Waals surface area contributed by atoms with Gasteiger partial charge in [0.15, 0.2) is 0 Å². The smallest absolute Gasteiger partial charge is 0.0808 e. The zero-order valence-corrected chi connectivity index (χ0v) is 9.73. The largest absolute Gasteiger partial charge is 0.388 e. The van der Waals surface area contributed by atoms with Crippen molar-refractivity contribution in [1.29, 1.82) is 0 Å². The second kappa shape index (κ2) is 4.05. The molecular formula is C11H11Cl2NO. The topological polar surface area (TPSA) is 36.0 Å². The lowest BCUT2D eigenvalue weighted by atomic mass is 10.1. The van der Waals surface area contributed by atoms with Crippen LogP contribution in [-0.2, 0) is 0 Å². The zero-order chi connectivity index (χ0) is 11.0. The predicted molar refractivity (Wildman–Crippen MR) is 63.6 cm³/mol. The fraction of sp³-hybridized carbons (Fsp3) is 0.273. The van der Waals surface area contributed by atoms with Crippen LogP contribution in [0.1, 0.15) is 25.0 Å². The van der Waals surface area contributed by atoms with Crippen LogP contribution in [0.2, 0.25) is 10.0 Å². The summed E-state index contributed by atoms with van der Waals surface area (Å²) in [7, 11) is 0. The first-order valence-corrected chi connectivity index (χ1v) is 5.53. The number of aromatic nitrogens is 1. The first-order valence-electron chi connectivity index (χ1n) is 4.77. The van der Waals surface area contributed by atoms with Crippen molar-refractivity contribution in [3.63, 3.8) is 0 Å². The molecule has 0 fully saturated rings. The average Bonchev–Trinajstić information content (AvgIpc) is 2.60. The van der Waals surface area contributed by atoms with Crippen LogP contribution in [0, 0.1) is 0 Å². The summed E-state index contributed by atoms with van der Waals surface area (Å²) in [5, 5.41) is 11.8. The Hall–Kier alpha value is -0.700. The summed E-state index contributed by atoms with van der Waals surface area (Å²) in [6.07, 6.45) is 1.95. The number of aliphatic hydroxyl groups is 1. The van der Waals surface area contributed by atoms with E-state index in [1.54, 1.807) is 18.3 Å². The minimum absolute atomic E-state index is 0.488. The van der Waals surface area contributed by atoms with Crippen molar-refractivity contribution in [3.05, 3.63) is 33.9 Å². The fourth-order valence-corrected chi connectivity index (χ4v) is 2.29. The molecule has 80 valence electrons. The van der Waals surface area contributed by atoms with Gasteiger partial charge in [-0.3, -0.25) is 0 Å². The third-order valence-corrected chi connectivity index (χ3v) is 2.99. The Morgan fingerprint density at radius 3 is 2.80 bits per heavy atom. The van der Waals surface area contributed by atoms with Gasteiger partial charge in [0.2, 0.25) is 0 Å². The van der Waals surface area contributed by atoms with Crippen LogP contribution >= 0.6 is 23.2 Å². The molecule has 0 saturated heterocycles. The van der Waals surface area contributed by atoms with E-state index in [2.05, 4.69) is 4.98 Å². The monoisotopic (exact) mass is 243 g/mol. The van der Waals surface area contributed by atoms with Crippen LogP contribution in [0.4, 0.5) is 0 Å². The average molecular weight is 244 g/mol. The molecule has 0 saturated carbocycles. The molecule has 1 aromatic heterocycles. The van der Waals surface area contributed by atoms with Crippen molar-refractivity contribution in [2.24, 2.45) is 0 Å². The van der Waals surface area contributed by atoms with E-state index in [1.165, 1.54) is 0 Å². The van der Waals surface area contributed by atoms with Crippen LogP contribution in [0.25, 0.3) is 10.9 Å². The number of hydrogen-bond acceptors (Lipinski definition) is 1. The Kier molecular flexibility index (Phi) is 2.91. The van der Waals surface area contributed by atoms with Gasteiger partial charge in [0.1, 0.15) is 0 Å². The zero-order valence-electron chi connectivity index (χ0n) is 8.22. The first kappa shape index (κ1) is 10.8. The molecule has 0 aliphatic heterocycles. The van der Waals surface area contributed by atoms with E-state index < -0.39 is 6.10 Å². The molecule has 1 aromatic carbocycles. The van der Waals surface area contributed by atoms with Crippen LogP contribution in [0.3, 0.4) is 0 Å². The Morgan fingerprint density at radius 1 is 1.40 bits per heavy atom. The van der Waals surface area contributed by atoms with Crippen molar-refractivity contribution < 1.29 is 5.11 Å². The summed E-state index contributed by atoms with van der Waals surface area (Å²) >= 11 is 12.0. The molecule has 0 bridgehead atoms. The van der Waals surface area contributed by atoms with E-state index in [1.807, 2.05) is 6.92 Å². The fourth-order valence-electron chi connectivity index (χ4n) is 1.69. The maximum Gasteiger partial charge on any atom is 0.0808 e. The lowest BCUT2D eigenvalue weighted by Crippen LogP contribution is -1.93. The van der Waals surface area contributed by atoms with Crippen molar-refractivity contribution in [2.45, 2.75) is 19.4 Å². The quantitative estimate of drug-likeness (QED) is 0.825. The van der Waals surface area contributed by atoms with Crippen LogP contribution in [0.15, 0.2) is 18.3 Å². The molecule has 2 rings (SSSR count). The maximum absolute atomic E-state index is 9.80. The molecule has 0 aliphatic rings. The molecular weight excluding hydrogens is 233 g/mol. The van der Waals surface area contributed by atoms with Gasteiger partial charge in [-0.25, -0.2) is 0 Å². The Balaban J connectivity index is 2.69. The molecule has 2 aromatic rings. The third-order valence-electron chi connectivity index (χ3n) is 2.47. The number of hydrogen-bond donors (Lipinski definition) is 2. The highest BCUT2D eigenvalue weighted by atomic mass is 35.5. The van der Waals surface area contributed by atoms with Crippen molar-refractivity contribution in [3.8, 4) is 0 Å². The molecule has 2 nitrogen and oxygen atoms in total. The van der Waals surface area contributed by atoms with Gasteiger partial charge in [0.05, 0.1) is 11.1 Å². The normalized spacial score (nSPS) is 13.3. The predicted octanol–water partition coefficient (Wildman–Crippen LogP) is 3.92. The number of aliphatic hydroxyl groups excluding tert-OH is 1. The molecule has 1 heterocycles. The lowest BCUT2D eigenvalue weighted by molar-refractivity contribution is 0.175. The number of benzene rings is 1. The number of fused-ring (bicyclic) bond motifs is 1. The number of rotatable bonds is 2. The molecule has 0 aliphatic carbocycles. The molecule has 0 spiro atoms. The lowest BCUT2D eigenvalue weighted by Gasteiger charge is -2.06. The molecule has 0 radical (unpaired) electrons. The van der Waals surface area contributed by atoms with E-state index >= 15 is 0 Å². The van der Waals surface area contributed by atoms with E-state index in [0.29, 0.717) is 16.5 Å². The van der Waals surface area contributed by atoms with E-state index in [-0.39, 0.29) is 0 Å². The van der Waals surface area contributed by atoms with E-state index in [0.717, 1.165) is 16.5 Å². The number of aromatic amines is 1. The second-order valence-corrected chi connectivity index (χ2v) is 4.32. The van der Waals surface area contributed by atoms with Gasteiger partial charge >= 0.3 is 0 Å². The highest BCUT2D eigenvalue weighted by Gasteiger charge is 2.14. The van der Waals surface area contributed by atoms with Crippen molar-refractivity contribution in [2.75, 3.05) is 0 Å². The summed E-state index contributed by atoms with van der Waals surface area (Å²) in [5.41, 5.74) is 1.68. The minimum atomic E-state index is -0.488. The van der Waals surface area contributed by atoms with Gasteiger partial charge < -0.3 is 10.1 Å². The Morgan fingerprint density at radius 2 is 2.13 bits per heavy atom.